The lowest BCUT2D eigenvalue weighted by molar-refractivity contribution is 0.0746. The van der Waals surface area contributed by atoms with Gasteiger partial charge in [-0.15, -0.1) is 0 Å². The summed E-state index contributed by atoms with van der Waals surface area (Å²) in [5, 5.41) is 4.07. The van der Waals surface area contributed by atoms with Gasteiger partial charge in [-0.05, 0) is 57.8 Å². The summed E-state index contributed by atoms with van der Waals surface area (Å²) in [5.41, 5.74) is 1.99. The highest BCUT2D eigenvalue weighted by molar-refractivity contribution is 5.92. The summed E-state index contributed by atoms with van der Waals surface area (Å²) in [7, 11) is 3.88. The third-order valence-corrected chi connectivity index (χ3v) is 4.54. The number of carbonyl (C=O) groups is 1. The molecular weight excluding hydrogens is 306 g/mol. The van der Waals surface area contributed by atoms with E-state index in [1.165, 1.54) is 0 Å². The molecule has 0 radical (unpaired) electrons. The summed E-state index contributed by atoms with van der Waals surface area (Å²) in [6, 6.07) is 3.87. The highest BCUT2D eigenvalue weighted by Gasteiger charge is 2.26. The van der Waals surface area contributed by atoms with Crippen molar-refractivity contribution >= 4 is 5.91 Å². The SMILES string of the molecule is CN(CCCN(C)C(=O)c1onc2c1CCCC2)Cc1ccco1. The average molecular weight is 331 g/mol. The second-order valence-corrected chi connectivity index (χ2v) is 6.54. The van der Waals surface area contributed by atoms with Crippen LogP contribution in [0.3, 0.4) is 0 Å². The molecule has 0 saturated heterocycles. The molecule has 2 aromatic heterocycles. The van der Waals surface area contributed by atoms with Crippen LogP contribution in [0.5, 0.6) is 0 Å². The van der Waals surface area contributed by atoms with Crippen LogP contribution in [0.4, 0.5) is 0 Å². The van der Waals surface area contributed by atoms with E-state index in [0.29, 0.717) is 12.3 Å². The molecule has 6 nitrogen and oxygen atoms in total. The Hall–Kier alpha value is -2.08. The number of fused-ring (bicyclic) bond motifs is 1. The highest BCUT2D eigenvalue weighted by Crippen LogP contribution is 2.24. The molecule has 1 aliphatic rings. The van der Waals surface area contributed by atoms with Crippen molar-refractivity contribution in [1.82, 2.24) is 15.0 Å². The Morgan fingerprint density at radius 3 is 2.88 bits per heavy atom. The van der Waals surface area contributed by atoms with Gasteiger partial charge in [-0.25, -0.2) is 0 Å². The standard InChI is InChI=1S/C18H25N3O3/c1-20(13-14-7-5-12-23-14)10-6-11-21(2)18(22)17-15-8-3-4-9-16(15)19-24-17/h5,7,12H,3-4,6,8-11,13H2,1-2H3. The second-order valence-electron chi connectivity index (χ2n) is 6.54. The molecule has 0 spiro atoms. The van der Waals surface area contributed by atoms with E-state index in [2.05, 4.69) is 17.1 Å². The molecule has 6 heteroatoms. The molecule has 0 aromatic carbocycles. The van der Waals surface area contributed by atoms with Gasteiger partial charge < -0.3 is 13.8 Å². The molecule has 2 heterocycles. The van der Waals surface area contributed by atoms with Crippen LogP contribution in [0.1, 0.15) is 46.8 Å². The Balaban J connectivity index is 1.47. The molecule has 0 aliphatic heterocycles. The zero-order chi connectivity index (χ0) is 16.9. The van der Waals surface area contributed by atoms with Crippen LogP contribution >= 0.6 is 0 Å². The van der Waals surface area contributed by atoms with Crippen molar-refractivity contribution < 1.29 is 13.7 Å². The Labute approximate surface area is 142 Å². The van der Waals surface area contributed by atoms with Gasteiger partial charge in [0.2, 0.25) is 5.76 Å². The Kier molecular flexibility index (Phi) is 5.35. The maximum Gasteiger partial charge on any atom is 0.292 e. The molecule has 0 bridgehead atoms. The minimum absolute atomic E-state index is 0.0562. The van der Waals surface area contributed by atoms with E-state index >= 15 is 0 Å². The maximum atomic E-state index is 12.6. The molecule has 24 heavy (non-hydrogen) atoms. The van der Waals surface area contributed by atoms with E-state index in [1.54, 1.807) is 11.2 Å². The molecule has 3 rings (SSSR count). The van der Waals surface area contributed by atoms with Gasteiger partial charge in [0.25, 0.3) is 5.91 Å². The van der Waals surface area contributed by atoms with Gasteiger partial charge in [0, 0.05) is 19.2 Å². The molecule has 0 atom stereocenters. The molecule has 0 fully saturated rings. The Morgan fingerprint density at radius 1 is 1.25 bits per heavy atom. The average Bonchev–Trinajstić information content (AvgIpc) is 3.23. The quantitative estimate of drug-likeness (QED) is 0.780. The summed E-state index contributed by atoms with van der Waals surface area (Å²) in [4.78, 5) is 16.5. The zero-order valence-corrected chi connectivity index (χ0v) is 14.5. The van der Waals surface area contributed by atoms with Crippen molar-refractivity contribution in [2.45, 2.75) is 38.6 Å². The van der Waals surface area contributed by atoms with E-state index in [-0.39, 0.29) is 5.91 Å². The Morgan fingerprint density at radius 2 is 2.08 bits per heavy atom. The van der Waals surface area contributed by atoms with Crippen molar-refractivity contribution in [3.05, 3.63) is 41.2 Å². The van der Waals surface area contributed by atoms with Crippen molar-refractivity contribution in [2.75, 3.05) is 27.2 Å². The van der Waals surface area contributed by atoms with Gasteiger partial charge in [-0.2, -0.15) is 0 Å². The number of rotatable bonds is 7. The minimum Gasteiger partial charge on any atom is -0.468 e. The molecule has 1 amide bonds. The summed E-state index contributed by atoms with van der Waals surface area (Å²) in [6.45, 7) is 2.36. The molecule has 130 valence electrons. The first-order chi connectivity index (χ1) is 11.6. The van der Waals surface area contributed by atoms with E-state index in [1.807, 2.05) is 19.2 Å². The van der Waals surface area contributed by atoms with E-state index < -0.39 is 0 Å². The monoisotopic (exact) mass is 331 g/mol. The van der Waals surface area contributed by atoms with Crippen LogP contribution < -0.4 is 0 Å². The van der Waals surface area contributed by atoms with Gasteiger partial charge in [0.15, 0.2) is 0 Å². The molecule has 0 unspecified atom stereocenters. The van der Waals surface area contributed by atoms with Crippen LogP contribution in [-0.2, 0) is 19.4 Å². The Bertz CT molecular complexity index is 663. The predicted octanol–water partition coefficient (Wildman–Crippen LogP) is 2.74. The van der Waals surface area contributed by atoms with Crippen molar-refractivity contribution in [1.29, 1.82) is 0 Å². The molecule has 0 N–H and O–H groups in total. The number of nitrogens with zero attached hydrogens (tertiary/aromatic N) is 3. The third-order valence-electron chi connectivity index (χ3n) is 4.54. The smallest absolute Gasteiger partial charge is 0.292 e. The first-order valence-electron chi connectivity index (χ1n) is 8.59. The normalized spacial score (nSPS) is 14.0. The molecule has 1 aliphatic carbocycles. The van der Waals surface area contributed by atoms with Gasteiger partial charge in [0.1, 0.15) is 5.76 Å². The number of amides is 1. The van der Waals surface area contributed by atoms with Gasteiger partial charge in [-0.1, -0.05) is 5.16 Å². The van der Waals surface area contributed by atoms with Crippen LogP contribution in [-0.4, -0.2) is 48.0 Å². The van der Waals surface area contributed by atoms with Gasteiger partial charge in [0.05, 0.1) is 18.5 Å². The van der Waals surface area contributed by atoms with Crippen LogP contribution in [0, 0.1) is 0 Å². The van der Waals surface area contributed by atoms with E-state index in [0.717, 1.165) is 62.2 Å². The number of hydrogen-bond donors (Lipinski definition) is 0. The fourth-order valence-corrected chi connectivity index (χ4v) is 3.16. The summed E-state index contributed by atoms with van der Waals surface area (Å²) >= 11 is 0. The number of carbonyl (C=O) groups excluding carboxylic acids is 1. The lowest BCUT2D eigenvalue weighted by Crippen LogP contribution is -2.30. The predicted molar refractivity (Wildman–Crippen MR) is 89.8 cm³/mol. The van der Waals surface area contributed by atoms with Crippen molar-refractivity contribution in [3.8, 4) is 0 Å². The number of aromatic nitrogens is 1. The summed E-state index contributed by atoms with van der Waals surface area (Å²) in [6.07, 6.45) is 6.65. The first kappa shape index (κ1) is 16.8. The molecule has 2 aromatic rings. The lowest BCUT2D eigenvalue weighted by Gasteiger charge is -2.19. The van der Waals surface area contributed by atoms with Crippen LogP contribution in [0.2, 0.25) is 0 Å². The lowest BCUT2D eigenvalue weighted by atomic mass is 9.96. The number of aryl methyl sites for hydroxylation is 1. The topological polar surface area (TPSA) is 62.7 Å². The van der Waals surface area contributed by atoms with E-state index in [9.17, 15) is 4.79 Å². The second kappa shape index (κ2) is 7.66. The fourth-order valence-electron chi connectivity index (χ4n) is 3.16. The van der Waals surface area contributed by atoms with Crippen molar-refractivity contribution in [3.63, 3.8) is 0 Å². The van der Waals surface area contributed by atoms with E-state index in [4.69, 9.17) is 8.94 Å². The van der Waals surface area contributed by atoms with Crippen LogP contribution in [0.15, 0.2) is 27.3 Å². The largest absolute Gasteiger partial charge is 0.468 e. The highest BCUT2D eigenvalue weighted by atomic mass is 16.5. The number of furan rings is 1. The zero-order valence-electron chi connectivity index (χ0n) is 14.5. The summed E-state index contributed by atoms with van der Waals surface area (Å²) in [5.74, 6) is 1.34. The van der Waals surface area contributed by atoms with Gasteiger partial charge >= 0.3 is 0 Å². The fraction of sp³-hybridized carbons (Fsp3) is 0.556. The van der Waals surface area contributed by atoms with Gasteiger partial charge in [-0.3, -0.25) is 9.69 Å². The maximum absolute atomic E-state index is 12.6. The molecule has 0 saturated carbocycles. The molecular formula is C18H25N3O3. The third kappa shape index (κ3) is 3.87. The number of hydrogen-bond acceptors (Lipinski definition) is 5. The minimum atomic E-state index is -0.0562. The van der Waals surface area contributed by atoms with Crippen LogP contribution in [0.25, 0.3) is 0 Å². The summed E-state index contributed by atoms with van der Waals surface area (Å²) < 4.78 is 10.7. The first-order valence-corrected chi connectivity index (χ1v) is 8.59. The van der Waals surface area contributed by atoms with Crippen molar-refractivity contribution in [2.24, 2.45) is 0 Å².